The van der Waals surface area contributed by atoms with Gasteiger partial charge in [-0.15, -0.1) is 21.5 Å². The molecule has 1 aliphatic rings. The summed E-state index contributed by atoms with van der Waals surface area (Å²) in [4.78, 5) is 23.3. The normalized spacial score (nSPS) is 15.3. The van der Waals surface area contributed by atoms with Crippen molar-refractivity contribution in [1.82, 2.24) is 29.9 Å². The number of rotatable bonds is 10. The molecule has 10 heteroatoms. The second-order valence-electron chi connectivity index (χ2n) is 9.89. The molecule has 0 bridgehead atoms. The van der Waals surface area contributed by atoms with Crippen LogP contribution in [0.25, 0.3) is 5.00 Å². The highest BCUT2D eigenvalue weighted by Crippen LogP contribution is 2.34. The summed E-state index contributed by atoms with van der Waals surface area (Å²) >= 11 is 7.84. The van der Waals surface area contributed by atoms with E-state index in [0.717, 1.165) is 72.6 Å². The van der Waals surface area contributed by atoms with Gasteiger partial charge in [0.15, 0.2) is 0 Å². The Morgan fingerprint density at radius 2 is 1.82 bits per heavy atom. The molecule has 4 rings (SSSR count). The Hall–Kier alpha value is -2.59. The summed E-state index contributed by atoms with van der Waals surface area (Å²) in [6.07, 6.45) is 1.85. The van der Waals surface area contributed by atoms with Crippen molar-refractivity contribution in [3.63, 3.8) is 0 Å². The Morgan fingerprint density at radius 1 is 1.11 bits per heavy atom. The van der Waals surface area contributed by atoms with Crippen molar-refractivity contribution < 1.29 is 4.79 Å². The summed E-state index contributed by atoms with van der Waals surface area (Å²) in [7, 11) is 3.98. The maximum atomic E-state index is 12.6. The molecule has 0 atom stereocenters. The average Bonchev–Trinajstić information content (AvgIpc) is 3.41. The molecule has 3 aromatic rings. The van der Waals surface area contributed by atoms with E-state index in [4.69, 9.17) is 11.6 Å². The molecule has 204 valence electrons. The Labute approximate surface area is 234 Å². The van der Waals surface area contributed by atoms with Gasteiger partial charge in [-0.25, -0.2) is 0 Å². The molecular formula is C28H38ClN7OS. The zero-order chi connectivity index (χ0) is 27.2. The van der Waals surface area contributed by atoms with Crippen molar-refractivity contribution in [3.05, 3.63) is 62.5 Å². The second kappa shape index (κ2) is 13.0. The molecule has 3 heterocycles. The number of piperazine rings is 1. The van der Waals surface area contributed by atoms with Crippen LogP contribution in [0.5, 0.6) is 0 Å². The van der Waals surface area contributed by atoms with E-state index in [9.17, 15) is 4.79 Å². The van der Waals surface area contributed by atoms with Crippen molar-refractivity contribution in [2.24, 2.45) is 4.99 Å². The lowest BCUT2D eigenvalue weighted by Crippen LogP contribution is -2.45. The highest BCUT2D eigenvalue weighted by molar-refractivity contribution is 7.15. The quantitative estimate of drug-likeness (QED) is 0.301. The highest BCUT2D eigenvalue weighted by Gasteiger charge is 2.24. The molecule has 0 aliphatic carbocycles. The van der Waals surface area contributed by atoms with Crippen LogP contribution in [-0.4, -0.2) is 89.5 Å². The second-order valence-corrected chi connectivity index (χ2v) is 11.5. The number of carbonyl (C=O) groups excluding carboxylic acids is 1. The summed E-state index contributed by atoms with van der Waals surface area (Å²) < 4.78 is 2.09. The molecular weight excluding hydrogens is 518 g/mol. The number of likely N-dealkylation sites (N-methyl/N-ethyl adjacent to an activating group) is 1. The molecule has 1 aromatic carbocycles. The molecule has 0 saturated carbocycles. The lowest BCUT2D eigenvalue weighted by atomic mass is 10.00. The third kappa shape index (κ3) is 6.69. The van der Waals surface area contributed by atoms with Gasteiger partial charge in [0.05, 0.1) is 5.71 Å². The van der Waals surface area contributed by atoms with E-state index in [1.165, 1.54) is 10.4 Å². The summed E-state index contributed by atoms with van der Waals surface area (Å²) in [5.74, 6) is 1.62. The van der Waals surface area contributed by atoms with Gasteiger partial charge < -0.3 is 15.1 Å². The number of nitrogens with zero attached hydrogens (tertiary/aromatic N) is 6. The van der Waals surface area contributed by atoms with Crippen LogP contribution in [0, 0.1) is 20.8 Å². The number of hydrogen-bond donors (Lipinski definition) is 1. The van der Waals surface area contributed by atoms with E-state index in [-0.39, 0.29) is 5.91 Å². The maximum absolute atomic E-state index is 12.6. The van der Waals surface area contributed by atoms with E-state index in [0.29, 0.717) is 24.4 Å². The maximum Gasteiger partial charge on any atom is 0.220 e. The lowest BCUT2D eigenvalue weighted by molar-refractivity contribution is -0.121. The Kier molecular flexibility index (Phi) is 9.70. The van der Waals surface area contributed by atoms with E-state index in [1.807, 2.05) is 38.2 Å². The topological polar surface area (TPSA) is 78.6 Å². The third-order valence-corrected chi connectivity index (χ3v) is 8.63. The van der Waals surface area contributed by atoms with Crippen molar-refractivity contribution in [2.45, 2.75) is 40.0 Å². The molecule has 1 aliphatic heterocycles. The molecule has 1 fully saturated rings. The van der Waals surface area contributed by atoms with E-state index in [1.54, 1.807) is 11.3 Å². The fraction of sp³-hybridized carbons (Fsp3) is 0.500. The fourth-order valence-electron chi connectivity index (χ4n) is 4.79. The number of aryl methyl sites for hydroxylation is 3. The zero-order valence-electron chi connectivity index (χ0n) is 23.1. The number of hydrogen-bond acceptors (Lipinski definition) is 7. The Bertz CT molecular complexity index is 1270. The first-order valence-corrected chi connectivity index (χ1v) is 14.4. The van der Waals surface area contributed by atoms with Crippen LogP contribution in [0.15, 0.2) is 29.3 Å². The fourth-order valence-corrected chi connectivity index (χ4v) is 6.14. The molecule has 8 nitrogen and oxygen atoms in total. The minimum absolute atomic E-state index is 0.0475. The number of halogens is 1. The van der Waals surface area contributed by atoms with Gasteiger partial charge in [0, 0.05) is 73.6 Å². The van der Waals surface area contributed by atoms with Crippen LogP contribution in [0.2, 0.25) is 5.02 Å². The van der Waals surface area contributed by atoms with Gasteiger partial charge in [0.1, 0.15) is 16.6 Å². The third-order valence-electron chi connectivity index (χ3n) is 7.18. The summed E-state index contributed by atoms with van der Waals surface area (Å²) in [6, 6.07) is 7.76. The number of nitrogens with one attached hydrogen (secondary N) is 1. The van der Waals surface area contributed by atoms with Gasteiger partial charge in [-0.1, -0.05) is 23.7 Å². The molecule has 38 heavy (non-hydrogen) atoms. The minimum atomic E-state index is 0.0475. The van der Waals surface area contributed by atoms with E-state index >= 15 is 0 Å². The van der Waals surface area contributed by atoms with Gasteiger partial charge in [0.2, 0.25) is 5.91 Å². The molecule has 0 spiro atoms. The van der Waals surface area contributed by atoms with Gasteiger partial charge in [-0.05, 0) is 58.5 Å². The van der Waals surface area contributed by atoms with Crippen LogP contribution in [0.1, 0.15) is 46.1 Å². The van der Waals surface area contributed by atoms with Crippen LogP contribution < -0.4 is 5.32 Å². The molecule has 1 N–H and O–H groups in total. The smallest absolute Gasteiger partial charge is 0.220 e. The summed E-state index contributed by atoms with van der Waals surface area (Å²) in [6.45, 7) is 12.4. The number of aromatic nitrogens is 3. The molecule has 1 saturated heterocycles. The first kappa shape index (κ1) is 28.4. The minimum Gasteiger partial charge on any atom is -0.356 e. The predicted octanol–water partition coefficient (Wildman–Crippen LogP) is 4.06. The van der Waals surface area contributed by atoms with Crippen LogP contribution in [-0.2, 0) is 11.2 Å². The van der Waals surface area contributed by atoms with Gasteiger partial charge >= 0.3 is 0 Å². The highest BCUT2D eigenvalue weighted by atomic mass is 35.5. The predicted molar refractivity (Wildman–Crippen MR) is 156 cm³/mol. The molecule has 2 aromatic heterocycles. The van der Waals surface area contributed by atoms with Crippen molar-refractivity contribution in [3.8, 4) is 5.00 Å². The van der Waals surface area contributed by atoms with Gasteiger partial charge in [-0.3, -0.25) is 14.4 Å². The number of amides is 1. The first-order valence-electron chi connectivity index (χ1n) is 13.2. The Balaban J connectivity index is 1.44. The Morgan fingerprint density at radius 3 is 2.50 bits per heavy atom. The molecule has 1 amide bonds. The average molecular weight is 556 g/mol. The number of carbonyl (C=O) groups is 1. The van der Waals surface area contributed by atoms with Crippen LogP contribution in [0.4, 0.5) is 0 Å². The van der Waals surface area contributed by atoms with Crippen molar-refractivity contribution >= 4 is 34.6 Å². The summed E-state index contributed by atoms with van der Waals surface area (Å²) in [5.41, 5.74) is 4.14. The monoisotopic (exact) mass is 555 g/mol. The number of aliphatic imine (C=N–C) groups is 1. The van der Waals surface area contributed by atoms with Crippen LogP contribution >= 0.6 is 22.9 Å². The number of benzene rings is 1. The van der Waals surface area contributed by atoms with Crippen molar-refractivity contribution in [2.75, 3.05) is 53.4 Å². The van der Waals surface area contributed by atoms with E-state index in [2.05, 4.69) is 55.8 Å². The summed E-state index contributed by atoms with van der Waals surface area (Å²) in [5, 5.41) is 13.6. The van der Waals surface area contributed by atoms with Gasteiger partial charge in [-0.2, -0.15) is 0 Å². The SMILES string of the molecule is C/N=C(/c1ccc(Cl)cc1)c1c(-n2c(C)nnc2CCC(=O)NCCCN2CCN(C)CC2)sc(C)c1C. The van der Waals surface area contributed by atoms with Crippen molar-refractivity contribution in [1.29, 1.82) is 0 Å². The molecule has 0 unspecified atom stereocenters. The largest absolute Gasteiger partial charge is 0.356 e. The number of thiophene rings is 1. The van der Waals surface area contributed by atoms with Crippen LogP contribution in [0.3, 0.4) is 0 Å². The lowest BCUT2D eigenvalue weighted by Gasteiger charge is -2.32. The van der Waals surface area contributed by atoms with Gasteiger partial charge in [0.25, 0.3) is 0 Å². The van der Waals surface area contributed by atoms with E-state index < -0.39 is 0 Å². The molecule has 0 radical (unpaired) electrons. The zero-order valence-corrected chi connectivity index (χ0v) is 24.6. The first-order chi connectivity index (χ1) is 18.3. The standard InChI is InChI=1S/C28H38ClN7OS/c1-19-20(2)38-28(26(19)27(30-4)22-7-9-23(29)10-8-22)36-21(3)32-33-24(36)11-12-25(37)31-13-6-14-35-17-15-34(5)16-18-35/h7-10H,6,11-18H2,1-5H3,(H,31,37)/b30-27-.